The van der Waals surface area contributed by atoms with E-state index in [-0.39, 0.29) is 13.0 Å². The summed E-state index contributed by atoms with van der Waals surface area (Å²) in [5.74, 6) is -3.16. The maximum absolute atomic E-state index is 10.5. The predicted molar refractivity (Wildman–Crippen MR) is 121 cm³/mol. The van der Waals surface area contributed by atoms with Crippen LogP contribution in [0.25, 0.3) is 31.3 Å². The second-order valence-electron chi connectivity index (χ2n) is 5.78. The number of rotatable bonds is 8. The molecule has 9 N–H and O–H groups in total. The van der Waals surface area contributed by atoms with Gasteiger partial charge in [0.2, 0.25) is 0 Å². The normalized spacial score (nSPS) is 11.1. The van der Waals surface area contributed by atoms with E-state index >= 15 is 0 Å². The highest BCUT2D eigenvalue weighted by atomic mass is 16.4. The molecule has 3 atom stereocenters. The minimum absolute atomic E-state index is 0.203. The molecule has 0 radical (unpaired) electrons. The van der Waals surface area contributed by atoms with Crippen molar-refractivity contribution in [3.63, 3.8) is 0 Å². The average Bonchev–Trinajstić information content (AvgIpc) is 2.79. The number of hydrogen-bond acceptors (Lipinski definition) is 9. The van der Waals surface area contributed by atoms with Crippen LogP contribution in [0.3, 0.4) is 0 Å². The summed E-state index contributed by atoms with van der Waals surface area (Å²) in [4.78, 5) is 37.3. The fraction of sp³-hybridized carbons (Fsp3) is 0.438. The Morgan fingerprint density at radius 2 is 1.32 bits per heavy atom. The van der Waals surface area contributed by atoms with Crippen molar-refractivity contribution in [2.45, 2.75) is 31.5 Å². The fourth-order valence-corrected chi connectivity index (χ4v) is 1.29. The monoisotopic (exact) mass is 482 g/mol. The minimum atomic E-state index is -1.16. The van der Waals surface area contributed by atoms with Gasteiger partial charge in [-0.1, -0.05) is 39.6 Å². The third-order valence-corrected chi connectivity index (χ3v) is 3.01. The van der Waals surface area contributed by atoms with Crippen molar-refractivity contribution in [2.24, 2.45) is 32.5 Å². The molecule has 0 aromatic heterocycles. The molecule has 18 nitrogen and oxygen atoms in total. The molecule has 18 heteroatoms. The Morgan fingerprint density at radius 3 is 1.62 bits per heavy atom. The summed E-state index contributed by atoms with van der Waals surface area (Å²) < 4.78 is 0. The highest BCUT2D eigenvalue weighted by Gasteiger charge is 2.11. The van der Waals surface area contributed by atoms with Crippen molar-refractivity contribution >= 4 is 23.6 Å². The van der Waals surface area contributed by atoms with Gasteiger partial charge in [0.15, 0.2) is 0 Å². The zero-order chi connectivity index (χ0) is 27.1. The van der Waals surface area contributed by atoms with Crippen LogP contribution in [0.15, 0.2) is 39.6 Å². The lowest BCUT2D eigenvalue weighted by atomic mass is 10.1. The molecule has 0 saturated heterocycles. The van der Waals surface area contributed by atoms with Crippen LogP contribution >= 0.6 is 0 Å². The van der Waals surface area contributed by atoms with Crippen molar-refractivity contribution in [1.82, 2.24) is 0 Å². The molecular formula is C16H26N12O6. The molecule has 0 aliphatic carbocycles. The van der Waals surface area contributed by atoms with Gasteiger partial charge in [0, 0.05) is 27.5 Å². The van der Waals surface area contributed by atoms with Gasteiger partial charge in [0.25, 0.3) is 0 Å². The van der Waals surface area contributed by atoms with Gasteiger partial charge in [-0.2, -0.15) is 0 Å². The maximum atomic E-state index is 10.5. The molecule has 1 aromatic carbocycles. The van der Waals surface area contributed by atoms with Crippen molar-refractivity contribution in [1.29, 1.82) is 0 Å². The number of azide groups is 3. The Balaban J connectivity index is -0.000000430. The summed E-state index contributed by atoms with van der Waals surface area (Å²) in [6.45, 7) is 1.22. The maximum Gasteiger partial charge on any atom is 0.320 e. The van der Waals surface area contributed by atoms with Crippen LogP contribution in [0, 0.1) is 0 Å². The highest BCUT2D eigenvalue weighted by molar-refractivity contribution is 5.74. The molecule has 0 spiro atoms. The standard InChI is InChI=1S/C9H10N4O2.C3H6N4O2.C3H7NO2.CH3N3/c10-8(9(14)15)5-6-1-3-7(4-2-6)12-13-11;4-2(3(8)9)1-6-7-5;1-2(4)3(5)6;1-3-4-2/h1-4,8H,5,10H2,(H,14,15);2H,1,4H2,(H,8,9);2H,4H2,1H3,(H,5,6);1H3/t8-;2-;;/m00../s1. The second-order valence-corrected chi connectivity index (χ2v) is 5.78. The largest absolute Gasteiger partial charge is 0.480 e. The molecule has 1 aromatic rings. The summed E-state index contributed by atoms with van der Waals surface area (Å²) in [6.07, 6.45) is 0.256. The molecule has 0 heterocycles. The van der Waals surface area contributed by atoms with E-state index in [0.29, 0.717) is 5.69 Å². The SMILES string of the molecule is CC(N)C(=O)O.CN=[N+]=[N-].[N-]=[N+]=NC[C@H](N)C(=O)O.[N-]=[N+]=Nc1ccc(C[C@H](N)C(=O)O)cc1. The molecule has 1 rings (SSSR count). The van der Waals surface area contributed by atoms with Crippen LogP contribution in [0.5, 0.6) is 0 Å². The molecular weight excluding hydrogens is 456 g/mol. The summed E-state index contributed by atoms with van der Waals surface area (Å²) in [5.41, 5.74) is 39.6. The zero-order valence-corrected chi connectivity index (χ0v) is 18.3. The van der Waals surface area contributed by atoms with Gasteiger partial charge in [0.1, 0.15) is 18.1 Å². The Kier molecular flexibility index (Phi) is 21.7. The first-order valence-electron chi connectivity index (χ1n) is 8.91. The lowest BCUT2D eigenvalue weighted by molar-refractivity contribution is -0.139. The van der Waals surface area contributed by atoms with Gasteiger partial charge in [0.05, 0.1) is 6.54 Å². The van der Waals surface area contributed by atoms with E-state index in [1.54, 1.807) is 24.3 Å². The average molecular weight is 482 g/mol. The van der Waals surface area contributed by atoms with E-state index < -0.39 is 36.0 Å². The van der Waals surface area contributed by atoms with Crippen LogP contribution in [0.4, 0.5) is 5.69 Å². The Morgan fingerprint density at radius 1 is 0.882 bits per heavy atom. The Bertz CT molecular complexity index is 904. The van der Waals surface area contributed by atoms with Gasteiger partial charge in [-0.25, -0.2) is 0 Å². The van der Waals surface area contributed by atoms with Crippen molar-refractivity contribution in [3.05, 3.63) is 61.2 Å². The van der Waals surface area contributed by atoms with Crippen molar-refractivity contribution in [2.75, 3.05) is 13.6 Å². The summed E-state index contributed by atoms with van der Waals surface area (Å²) in [5, 5.41) is 33.8. The van der Waals surface area contributed by atoms with Crippen LogP contribution in [0.1, 0.15) is 12.5 Å². The van der Waals surface area contributed by atoms with Crippen molar-refractivity contribution in [3.8, 4) is 0 Å². The lowest BCUT2D eigenvalue weighted by Gasteiger charge is -2.05. The molecule has 1 unspecified atom stereocenters. The number of nitrogens with zero attached hydrogens (tertiary/aromatic N) is 9. The number of carboxylic acid groups (broad SMARTS) is 3. The quantitative estimate of drug-likeness (QED) is 0.178. The second kappa shape index (κ2) is 21.7. The van der Waals surface area contributed by atoms with E-state index in [1.807, 2.05) is 0 Å². The van der Waals surface area contributed by atoms with Crippen LogP contribution in [0.2, 0.25) is 0 Å². The summed E-state index contributed by atoms with van der Waals surface area (Å²) >= 11 is 0. The van der Waals surface area contributed by atoms with Gasteiger partial charge in [-0.05, 0) is 35.5 Å². The lowest BCUT2D eigenvalue weighted by Crippen LogP contribution is -2.32. The predicted octanol–water partition coefficient (Wildman–Crippen LogP) is 1.64. The number of aliphatic carboxylic acids is 3. The summed E-state index contributed by atoms with van der Waals surface area (Å²) in [6, 6.07) is 3.88. The number of nitrogens with two attached hydrogens (primary N) is 3. The summed E-state index contributed by atoms with van der Waals surface area (Å²) in [7, 11) is 1.39. The number of benzene rings is 1. The number of carbonyl (C=O) groups is 3. The molecule has 0 amide bonds. The highest BCUT2D eigenvalue weighted by Crippen LogP contribution is 2.13. The topological polar surface area (TPSA) is 336 Å². The minimum Gasteiger partial charge on any atom is -0.480 e. The first kappa shape index (κ1) is 34.1. The Labute approximate surface area is 192 Å². The third kappa shape index (κ3) is 22.1. The van der Waals surface area contributed by atoms with Crippen LogP contribution < -0.4 is 17.2 Å². The smallest absolute Gasteiger partial charge is 0.320 e. The van der Waals surface area contributed by atoms with Crippen LogP contribution in [-0.2, 0) is 20.8 Å². The third-order valence-electron chi connectivity index (χ3n) is 3.01. The van der Waals surface area contributed by atoms with Crippen molar-refractivity contribution < 1.29 is 29.7 Å². The molecule has 0 fully saturated rings. The van der Waals surface area contributed by atoms with Crippen LogP contribution in [-0.4, -0.2) is 64.9 Å². The van der Waals surface area contributed by atoms with Gasteiger partial charge in [-0.15, -0.1) is 0 Å². The molecule has 0 aliphatic heterocycles. The van der Waals surface area contributed by atoms with Gasteiger partial charge >= 0.3 is 17.9 Å². The van der Waals surface area contributed by atoms with Gasteiger partial charge in [-0.3, -0.25) is 14.4 Å². The van der Waals surface area contributed by atoms with E-state index in [9.17, 15) is 14.4 Å². The number of hydrogen-bond donors (Lipinski definition) is 6. The molecule has 0 aliphatic rings. The first-order chi connectivity index (χ1) is 15.9. The Hall–Kier alpha value is -4.56. The molecule has 186 valence electrons. The van der Waals surface area contributed by atoms with E-state index in [4.69, 9.17) is 49.1 Å². The number of carboxylic acids is 3. The first-order valence-corrected chi connectivity index (χ1v) is 8.91. The van der Waals surface area contributed by atoms with Gasteiger partial charge < -0.3 is 32.5 Å². The fourth-order valence-electron chi connectivity index (χ4n) is 1.29. The molecule has 0 bridgehead atoms. The molecule has 0 saturated carbocycles. The zero-order valence-electron chi connectivity index (χ0n) is 18.3. The van der Waals surface area contributed by atoms with E-state index in [1.165, 1.54) is 14.0 Å². The van der Waals surface area contributed by atoms with E-state index in [0.717, 1.165) is 5.56 Å². The molecule has 34 heavy (non-hydrogen) atoms. The van der Waals surface area contributed by atoms with E-state index in [2.05, 4.69) is 30.1 Å².